The van der Waals surface area contributed by atoms with E-state index in [4.69, 9.17) is 5.73 Å². The Morgan fingerprint density at radius 1 is 1.67 bits per heavy atom. The molecule has 5 heteroatoms. The van der Waals surface area contributed by atoms with E-state index in [1.165, 1.54) is 0 Å². The van der Waals surface area contributed by atoms with E-state index in [-0.39, 0.29) is 6.04 Å². The number of alkyl halides is 1. The predicted molar refractivity (Wildman–Crippen MR) is 56.0 cm³/mol. The highest BCUT2D eigenvalue weighted by Gasteiger charge is 2.30. The largest absolute Gasteiger partial charge is 0.329 e. The van der Waals surface area contributed by atoms with Crippen LogP contribution in [0.5, 0.6) is 0 Å². The molecule has 0 amide bonds. The first-order chi connectivity index (χ1) is 7.19. The maximum Gasteiger partial charge on any atom is 0.114 e. The van der Waals surface area contributed by atoms with Crippen LogP contribution in [0.1, 0.15) is 12.0 Å². The molecule has 2 unspecified atom stereocenters. The van der Waals surface area contributed by atoms with Crippen molar-refractivity contribution in [2.75, 3.05) is 13.1 Å². The third kappa shape index (κ3) is 2.35. The van der Waals surface area contributed by atoms with Gasteiger partial charge >= 0.3 is 0 Å². The van der Waals surface area contributed by atoms with E-state index in [0.717, 1.165) is 12.1 Å². The monoisotopic (exact) mass is 212 g/mol. The van der Waals surface area contributed by atoms with Gasteiger partial charge in [-0.25, -0.2) is 4.39 Å². The Morgan fingerprint density at radius 2 is 2.47 bits per heavy atom. The van der Waals surface area contributed by atoms with Crippen LogP contribution >= 0.6 is 0 Å². The minimum Gasteiger partial charge on any atom is -0.329 e. The number of likely N-dealkylation sites (tertiary alicyclic amines) is 1. The summed E-state index contributed by atoms with van der Waals surface area (Å²) >= 11 is 0. The molecule has 15 heavy (non-hydrogen) atoms. The number of rotatable bonds is 3. The third-order valence-electron chi connectivity index (χ3n) is 2.89. The highest BCUT2D eigenvalue weighted by Crippen LogP contribution is 2.21. The second kappa shape index (κ2) is 4.28. The molecule has 2 heterocycles. The number of hydrogen-bond donors (Lipinski definition) is 1. The summed E-state index contributed by atoms with van der Waals surface area (Å²) in [4.78, 5) is 2.10. The first-order valence-electron chi connectivity index (χ1n) is 5.24. The highest BCUT2D eigenvalue weighted by atomic mass is 19.1. The van der Waals surface area contributed by atoms with Crippen LogP contribution in [0.3, 0.4) is 0 Å². The Labute approximate surface area is 88.9 Å². The lowest BCUT2D eigenvalue weighted by molar-refractivity contribution is 0.238. The van der Waals surface area contributed by atoms with Gasteiger partial charge in [-0.1, -0.05) is 0 Å². The van der Waals surface area contributed by atoms with Gasteiger partial charge in [0.05, 0.1) is 6.20 Å². The van der Waals surface area contributed by atoms with Gasteiger partial charge in [-0.05, 0) is 6.42 Å². The van der Waals surface area contributed by atoms with E-state index in [1.807, 2.05) is 19.4 Å². The molecule has 2 rings (SSSR count). The summed E-state index contributed by atoms with van der Waals surface area (Å²) in [6.07, 6.45) is 3.62. The molecule has 0 aliphatic carbocycles. The zero-order chi connectivity index (χ0) is 10.8. The van der Waals surface area contributed by atoms with Crippen LogP contribution in [0.4, 0.5) is 4.39 Å². The Kier molecular flexibility index (Phi) is 3.02. The quantitative estimate of drug-likeness (QED) is 0.783. The number of hydrogen-bond acceptors (Lipinski definition) is 3. The fraction of sp³-hybridized carbons (Fsp3) is 0.700. The van der Waals surface area contributed by atoms with E-state index in [2.05, 4.69) is 10.00 Å². The number of nitrogens with zero attached hydrogens (tertiary/aromatic N) is 3. The Morgan fingerprint density at radius 3 is 3.07 bits per heavy atom. The lowest BCUT2D eigenvalue weighted by atomic mass is 10.2. The molecule has 2 atom stereocenters. The highest BCUT2D eigenvalue weighted by molar-refractivity contribution is 5.05. The summed E-state index contributed by atoms with van der Waals surface area (Å²) in [6, 6.07) is 0.181. The molecule has 0 aromatic carbocycles. The SMILES string of the molecule is Cn1cc(CN2CC(F)CC2CN)cn1. The van der Waals surface area contributed by atoms with Gasteiger partial charge in [0.15, 0.2) is 0 Å². The standard InChI is InChI=1S/C10H17FN4/c1-14-5-8(4-13-14)6-15-7-9(11)2-10(15)3-12/h4-5,9-10H,2-3,6-7,12H2,1H3. The molecule has 0 bridgehead atoms. The molecule has 1 aliphatic rings. The summed E-state index contributed by atoms with van der Waals surface area (Å²) in [5, 5.41) is 4.09. The van der Waals surface area contributed by atoms with Gasteiger partial charge in [0.1, 0.15) is 6.17 Å². The van der Waals surface area contributed by atoms with Crippen LogP contribution in [0, 0.1) is 0 Å². The van der Waals surface area contributed by atoms with Crippen LogP contribution < -0.4 is 5.73 Å². The van der Waals surface area contributed by atoms with Crippen molar-refractivity contribution in [3.05, 3.63) is 18.0 Å². The van der Waals surface area contributed by atoms with Crippen molar-refractivity contribution in [1.82, 2.24) is 14.7 Å². The van der Waals surface area contributed by atoms with Crippen molar-refractivity contribution in [1.29, 1.82) is 0 Å². The van der Waals surface area contributed by atoms with Gasteiger partial charge in [0.2, 0.25) is 0 Å². The second-order valence-corrected chi connectivity index (χ2v) is 4.17. The van der Waals surface area contributed by atoms with Gasteiger partial charge in [0, 0.05) is 44.5 Å². The zero-order valence-corrected chi connectivity index (χ0v) is 8.93. The molecular weight excluding hydrogens is 195 g/mol. The van der Waals surface area contributed by atoms with E-state index in [0.29, 0.717) is 19.5 Å². The van der Waals surface area contributed by atoms with Crippen molar-refractivity contribution in [2.24, 2.45) is 12.8 Å². The average Bonchev–Trinajstić information content (AvgIpc) is 2.73. The summed E-state index contributed by atoms with van der Waals surface area (Å²) in [5.74, 6) is 0. The maximum absolute atomic E-state index is 13.2. The van der Waals surface area contributed by atoms with Crippen LogP contribution in [-0.2, 0) is 13.6 Å². The molecule has 1 aliphatic heterocycles. The fourth-order valence-corrected chi connectivity index (χ4v) is 2.15. The van der Waals surface area contributed by atoms with Crippen molar-refractivity contribution in [2.45, 2.75) is 25.2 Å². The van der Waals surface area contributed by atoms with Gasteiger partial charge < -0.3 is 5.73 Å². The molecule has 1 aromatic rings. The summed E-state index contributed by atoms with van der Waals surface area (Å²) < 4.78 is 15.0. The number of aromatic nitrogens is 2. The van der Waals surface area contributed by atoms with Crippen LogP contribution in [0.2, 0.25) is 0 Å². The van der Waals surface area contributed by atoms with Crippen molar-refractivity contribution in [3.63, 3.8) is 0 Å². The van der Waals surface area contributed by atoms with Crippen LogP contribution in [0.25, 0.3) is 0 Å². The lowest BCUT2D eigenvalue weighted by Crippen LogP contribution is -2.34. The number of aryl methyl sites for hydroxylation is 1. The molecule has 4 nitrogen and oxygen atoms in total. The van der Waals surface area contributed by atoms with Crippen molar-refractivity contribution < 1.29 is 4.39 Å². The maximum atomic E-state index is 13.2. The fourth-order valence-electron chi connectivity index (χ4n) is 2.15. The van der Waals surface area contributed by atoms with E-state index >= 15 is 0 Å². The zero-order valence-electron chi connectivity index (χ0n) is 8.93. The van der Waals surface area contributed by atoms with Crippen LogP contribution in [0.15, 0.2) is 12.4 Å². The molecule has 2 N–H and O–H groups in total. The lowest BCUT2D eigenvalue weighted by Gasteiger charge is -2.21. The van der Waals surface area contributed by atoms with Gasteiger partial charge in [-0.3, -0.25) is 9.58 Å². The van der Waals surface area contributed by atoms with E-state index in [1.54, 1.807) is 4.68 Å². The molecule has 84 valence electrons. The van der Waals surface area contributed by atoms with Gasteiger partial charge in [-0.15, -0.1) is 0 Å². The first kappa shape index (κ1) is 10.6. The average molecular weight is 212 g/mol. The number of halogens is 1. The smallest absolute Gasteiger partial charge is 0.114 e. The summed E-state index contributed by atoms with van der Waals surface area (Å²) in [7, 11) is 1.88. The Balaban J connectivity index is 1.99. The Bertz CT molecular complexity index is 325. The van der Waals surface area contributed by atoms with Crippen molar-refractivity contribution >= 4 is 0 Å². The normalized spacial score (nSPS) is 27.4. The summed E-state index contributed by atoms with van der Waals surface area (Å²) in [6.45, 7) is 1.77. The third-order valence-corrected chi connectivity index (χ3v) is 2.89. The van der Waals surface area contributed by atoms with E-state index in [9.17, 15) is 4.39 Å². The first-order valence-corrected chi connectivity index (χ1v) is 5.24. The topological polar surface area (TPSA) is 47.1 Å². The van der Waals surface area contributed by atoms with Gasteiger partial charge in [0.25, 0.3) is 0 Å². The Hall–Kier alpha value is -0.940. The minimum atomic E-state index is -0.727. The molecular formula is C10H17FN4. The second-order valence-electron chi connectivity index (χ2n) is 4.17. The molecule has 0 radical (unpaired) electrons. The van der Waals surface area contributed by atoms with Crippen molar-refractivity contribution in [3.8, 4) is 0 Å². The molecule has 0 spiro atoms. The van der Waals surface area contributed by atoms with Gasteiger partial charge in [-0.2, -0.15) is 5.10 Å². The molecule has 1 fully saturated rings. The van der Waals surface area contributed by atoms with E-state index < -0.39 is 6.17 Å². The van der Waals surface area contributed by atoms with Crippen LogP contribution in [-0.4, -0.2) is 40.0 Å². The molecule has 0 saturated carbocycles. The summed E-state index contributed by atoms with van der Waals surface area (Å²) in [5.41, 5.74) is 6.73. The minimum absolute atomic E-state index is 0.181. The number of nitrogens with two attached hydrogens (primary N) is 1. The molecule has 1 saturated heterocycles. The molecule has 1 aromatic heterocycles. The predicted octanol–water partition coefficient (Wildman–Crippen LogP) is 0.291.